The molecule has 3 rings (SSSR count). The maximum Gasteiger partial charge on any atom is 0.222 e. The van der Waals surface area contributed by atoms with Gasteiger partial charge < -0.3 is 10.2 Å². The zero-order valence-electron chi connectivity index (χ0n) is 13.9. The predicted molar refractivity (Wildman–Crippen MR) is 94.6 cm³/mol. The Bertz CT molecular complexity index is 696. The molecule has 1 N–H and O–H groups in total. The number of hydrogen-bond donors (Lipinski definition) is 1. The van der Waals surface area contributed by atoms with E-state index in [4.69, 9.17) is 0 Å². The summed E-state index contributed by atoms with van der Waals surface area (Å²) in [6.07, 6.45) is 1.60. The van der Waals surface area contributed by atoms with Crippen molar-refractivity contribution in [2.75, 3.05) is 11.4 Å². The Morgan fingerprint density at radius 1 is 1.22 bits per heavy atom. The summed E-state index contributed by atoms with van der Waals surface area (Å²) in [7, 11) is 0. The van der Waals surface area contributed by atoms with Crippen LogP contribution < -0.4 is 10.2 Å². The molecule has 0 aliphatic carbocycles. The van der Waals surface area contributed by atoms with Crippen molar-refractivity contribution in [3.8, 4) is 0 Å². The van der Waals surface area contributed by atoms with Crippen LogP contribution in [0.1, 0.15) is 30.0 Å². The summed E-state index contributed by atoms with van der Waals surface area (Å²) in [5.41, 5.74) is 5.05. The smallest absolute Gasteiger partial charge is 0.222 e. The Morgan fingerprint density at radius 2 is 2.04 bits per heavy atom. The second-order valence-corrected chi connectivity index (χ2v) is 6.39. The van der Waals surface area contributed by atoms with E-state index in [1.165, 1.54) is 16.8 Å². The molecule has 0 aromatic heterocycles. The molecule has 1 aliphatic heterocycles. The molecule has 0 saturated heterocycles. The molecule has 23 heavy (non-hydrogen) atoms. The number of carbonyl (C=O) groups is 1. The monoisotopic (exact) mass is 308 g/mol. The van der Waals surface area contributed by atoms with Gasteiger partial charge in [0.05, 0.1) is 0 Å². The fourth-order valence-electron chi connectivity index (χ4n) is 3.30. The van der Waals surface area contributed by atoms with Crippen LogP contribution in [0.3, 0.4) is 0 Å². The van der Waals surface area contributed by atoms with Crippen molar-refractivity contribution in [1.29, 1.82) is 0 Å². The summed E-state index contributed by atoms with van der Waals surface area (Å²) in [4.78, 5) is 14.5. The highest BCUT2D eigenvalue weighted by Crippen LogP contribution is 2.31. The SMILES string of the molecule is Cc1cccc(CNC(=O)CCN2c3ccccc3CC2C)c1. The molecule has 2 aromatic carbocycles. The van der Waals surface area contributed by atoms with E-state index in [-0.39, 0.29) is 5.91 Å². The van der Waals surface area contributed by atoms with Crippen molar-refractivity contribution >= 4 is 11.6 Å². The highest BCUT2D eigenvalue weighted by molar-refractivity contribution is 5.76. The van der Waals surface area contributed by atoms with Crippen LogP contribution in [0.5, 0.6) is 0 Å². The molecule has 1 amide bonds. The Labute approximate surface area is 138 Å². The number of nitrogens with zero attached hydrogens (tertiary/aromatic N) is 1. The van der Waals surface area contributed by atoms with E-state index in [9.17, 15) is 4.79 Å². The number of amides is 1. The molecule has 2 aromatic rings. The van der Waals surface area contributed by atoms with Gasteiger partial charge in [-0.2, -0.15) is 0 Å². The Morgan fingerprint density at radius 3 is 2.87 bits per heavy atom. The molecular weight excluding hydrogens is 284 g/mol. The van der Waals surface area contributed by atoms with E-state index >= 15 is 0 Å². The number of para-hydroxylation sites is 1. The first-order valence-electron chi connectivity index (χ1n) is 8.30. The van der Waals surface area contributed by atoms with Crippen LogP contribution in [0.15, 0.2) is 48.5 Å². The average Bonchev–Trinajstić information content (AvgIpc) is 2.86. The molecule has 0 radical (unpaired) electrons. The van der Waals surface area contributed by atoms with Crippen LogP contribution in [0.2, 0.25) is 0 Å². The van der Waals surface area contributed by atoms with Gasteiger partial charge in [-0.25, -0.2) is 0 Å². The van der Waals surface area contributed by atoms with Gasteiger partial charge in [-0.15, -0.1) is 0 Å². The van der Waals surface area contributed by atoms with Gasteiger partial charge in [0, 0.05) is 31.2 Å². The van der Waals surface area contributed by atoms with Gasteiger partial charge in [-0.3, -0.25) is 4.79 Å². The first-order chi connectivity index (χ1) is 11.1. The van der Waals surface area contributed by atoms with Gasteiger partial charge >= 0.3 is 0 Å². The molecule has 0 saturated carbocycles. The predicted octanol–water partition coefficient (Wildman–Crippen LogP) is 3.45. The summed E-state index contributed by atoms with van der Waals surface area (Å²) in [5.74, 6) is 0.114. The number of aryl methyl sites for hydroxylation is 1. The molecule has 1 unspecified atom stereocenters. The van der Waals surface area contributed by atoms with Gasteiger partial charge in [-0.1, -0.05) is 48.0 Å². The standard InChI is InChI=1S/C20H24N2O/c1-15-6-5-7-17(12-15)14-21-20(23)10-11-22-16(2)13-18-8-3-4-9-19(18)22/h3-9,12,16H,10-11,13-14H2,1-2H3,(H,21,23). The summed E-state index contributed by atoms with van der Waals surface area (Å²) in [5, 5.41) is 3.02. The highest BCUT2D eigenvalue weighted by atomic mass is 16.1. The summed E-state index contributed by atoms with van der Waals surface area (Å²) in [6.45, 7) is 5.67. The lowest BCUT2D eigenvalue weighted by Crippen LogP contribution is -2.34. The number of carbonyl (C=O) groups excluding carboxylic acids is 1. The molecule has 0 spiro atoms. The van der Waals surface area contributed by atoms with Crippen LogP contribution in [-0.4, -0.2) is 18.5 Å². The van der Waals surface area contributed by atoms with E-state index in [2.05, 4.69) is 60.5 Å². The average molecular weight is 308 g/mol. The molecule has 3 heteroatoms. The Kier molecular flexibility index (Phi) is 4.65. The zero-order valence-corrected chi connectivity index (χ0v) is 13.9. The fraction of sp³-hybridized carbons (Fsp3) is 0.350. The minimum absolute atomic E-state index is 0.114. The first-order valence-corrected chi connectivity index (χ1v) is 8.30. The van der Waals surface area contributed by atoms with Crippen molar-refractivity contribution in [2.45, 2.75) is 39.3 Å². The van der Waals surface area contributed by atoms with Crippen LogP contribution in [0.25, 0.3) is 0 Å². The molecule has 3 nitrogen and oxygen atoms in total. The van der Waals surface area contributed by atoms with Gasteiger partial charge in [-0.05, 0) is 37.5 Å². The zero-order chi connectivity index (χ0) is 16.2. The van der Waals surface area contributed by atoms with Crippen molar-refractivity contribution in [1.82, 2.24) is 5.32 Å². The molecule has 120 valence electrons. The van der Waals surface area contributed by atoms with Crippen LogP contribution >= 0.6 is 0 Å². The van der Waals surface area contributed by atoms with Gasteiger partial charge in [0.2, 0.25) is 5.91 Å². The summed E-state index contributed by atoms with van der Waals surface area (Å²) < 4.78 is 0. The number of anilines is 1. The van der Waals surface area contributed by atoms with Crippen LogP contribution in [0.4, 0.5) is 5.69 Å². The van der Waals surface area contributed by atoms with E-state index < -0.39 is 0 Å². The minimum atomic E-state index is 0.114. The highest BCUT2D eigenvalue weighted by Gasteiger charge is 2.25. The third-order valence-corrected chi connectivity index (χ3v) is 4.50. The molecule has 1 heterocycles. The molecule has 1 atom stereocenters. The number of hydrogen-bond acceptors (Lipinski definition) is 2. The number of rotatable bonds is 5. The third kappa shape index (κ3) is 3.73. The fourth-order valence-corrected chi connectivity index (χ4v) is 3.30. The number of nitrogens with one attached hydrogen (secondary N) is 1. The topological polar surface area (TPSA) is 32.3 Å². The lowest BCUT2D eigenvalue weighted by molar-refractivity contribution is -0.121. The van der Waals surface area contributed by atoms with E-state index in [0.29, 0.717) is 19.0 Å². The first kappa shape index (κ1) is 15.6. The second-order valence-electron chi connectivity index (χ2n) is 6.39. The van der Waals surface area contributed by atoms with Crippen molar-refractivity contribution in [3.05, 3.63) is 65.2 Å². The van der Waals surface area contributed by atoms with Gasteiger partial charge in [0.25, 0.3) is 0 Å². The van der Waals surface area contributed by atoms with Crippen LogP contribution in [-0.2, 0) is 17.8 Å². The van der Waals surface area contributed by atoms with Crippen molar-refractivity contribution < 1.29 is 4.79 Å². The van der Waals surface area contributed by atoms with E-state index in [1.807, 2.05) is 12.1 Å². The second kappa shape index (κ2) is 6.86. The lowest BCUT2D eigenvalue weighted by Gasteiger charge is -2.24. The summed E-state index contributed by atoms with van der Waals surface area (Å²) in [6, 6.07) is 17.2. The quantitative estimate of drug-likeness (QED) is 0.917. The van der Waals surface area contributed by atoms with Crippen molar-refractivity contribution in [3.63, 3.8) is 0 Å². The Balaban J connectivity index is 1.51. The molecular formula is C20H24N2O. The maximum absolute atomic E-state index is 12.1. The molecule has 0 fully saturated rings. The van der Waals surface area contributed by atoms with Gasteiger partial charge in [0.15, 0.2) is 0 Å². The third-order valence-electron chi connectivity index (χ3n) is 4.50. The largest absolute Gasteiger partial charge is 0.368 e. The molecule has 1 aliphatic rings. The van der Waals surface area contributed by atoms with Crippen LogP contribution in [0, 0.1) is 6.92 Å². The normalized spacial score (nSPS) is 16.3. The minimum Gasteiger partial charge on any atom is -0.368 e. The maximum atomic E-state index is 12.1. The van der Waals surface area contributed by atoms with Gasteiger partial charge in [0.1, 0.15) is 0 Å². The lowest BCUT2D eigenvalue weighted by atomic mass is 10.1. The number of benzene rings is 2. The molecule has 0 bridgehead atoms. The summed E-state index contributed by atoms with van der Waals surface area (Å²) >= 11 is 0. The van der Waals surface area contributed by atoms with E-state index in [0.717, 1.165) is 18.5 Å². The van der Waals surface area contributed by atoms with E-state index in [1.54, 1.807) is 0 Å². The number of fused-ring (bicyclic) bond motifs is 1. The van der Waals surface area contributed by atoms with Crippen molar-refractivity contribution in [2.24, 2.45) is 0 Å². The Hall–Kier alpha value is -2.29.